The Morgan fingerprint density at radius 1 is 1.25 bits per heavy atom. The highest BCUT2D eigenvalue weighted by Gasteiger charge is 2.11. The second-order valence-corrected chi connectivity index (χ2v) is 5.52. The molecule has 5 nitrogen and oxygen atoms in total. The molecular weight excluding hydrogens is 274 g/mol. The summed E-state index contributed by atoms with van der Waals surface area (Å²) in [4.78, 5) is 0. The van der Waals surface area contributed by atoms with E-state index in [0.29, 0.717) is 6.04 Å². The average Bonchev–Trinajstić information content (AvgIpc) is 2.93. The van der Waals surface area contributed by atoms with Gasteiger partial charge in [0.1, 0.15) is 17.8 Å². The number of ether oxygens (including phenoxy) is 2. The Morgan fingerprint density at radius 2 is 2.05 bits per heavy atom. The lowest BCUT2D eigenvalue weighted by atomic mass is 10.2. The van der Waals surface area contributed by atoms with Crippen LogP contribution in [0.25, 0.3) is 0 Å². The number of thioether (sulfide) groups is 1. The monoisotopic (exact) mass is 293 g/mol. The molecule has 0 atom stereocenters. The largest absolute Gasteiger partial charge is 0.497 e. The van der Waals surface area contributed by atoms with E-state index in [1.807, 2.05) is 18.2 Å². The Kier molecular flexibility index (Phi) is 4.89. The first-order valence-electron chi connectivity index (χ1n) is 6.39. The van der Waals surface area contributed by atoms with Crippen molar-refractivity contribution < 1.29 is 9.47 Å². The minimum absolute atomic E-state index is 0.347. The van der Waals surface area contributed by atoms with Crippen molar-refractivity contribution in [2.45, 2.75) is 30.8 Å². The van der Waals surface area contributed by atoms with Gasteiger partial charge in [0.25, 0.3) is 0 Å². The van der Waals surface area contributed by atoms with Gasteiger partial charge >= 0.3 is 0 Å². The molecule has 1 heterocycles. The molecule has 0 N–H and O–H groups in total. The molecule has 0 radical (unpaired) electrons. The Labute approximate surface area is 123 Å². The van der Waals surface area contributed by atoms with Crippen LogP contribution in [0.15, 0.2) is 29.7 Å². The molecular formula is C14H19N3O2S. The molecule has 0 spiro atoms. The van der Waals surface area contributed by atoms with E-state index in [9.17, 15) is 0 Å². The van der Waals surface area contributed by atoms with Crippen molar-refractivity contribution in [3.63, 3.8) is 0 Å². The van der Waals surface area contributed by atoms with Crippen LogP contribution >= 0.6 is 11.8 Å². The summed E-state index contributed by atoms with van der Waals surface area (Å²) in [6.07, 6.45) is 1.76. The van der Waals surface area contributed by atoms with Crippen LogP contribution in [0, 0.1) is 0 Å². The van der Waals surface area contributed by atoms with Gasteiger partial charge in [-0.3, -0.25) is 0 Å². The topological polar surface area (TPSA) is 49.2 Å². The number of nitrogens with zero attached hydrogens (tertiary/aromatic N) is 3. The molecule has 0 amide bonds. The summed E-state index contributed by atoms with van der Waals surface area (Å²) in [6.45, 7) is 4.22. The molecule has 0 aliphatic carbocycles. The SMILES string of the molecule is COc1ccc(OC)c(CSc2nncn2C(C)C)c1. The third-order valence-corrected chi connectivity index (χ3v) is 3.95. The Hall–Kier alpha value is -1.69. The molecule has 0 saturated heterocycles. The second-order valence-electron chi connectivity index (χ2n) is 4.58. The summed E-state index contributed by atoms with van der Waals surface area (Å²) >= 11 is 1.64. The van der Waals surface area contributed by atoms with Gasteiger partial charge in [0.2, 0.25) is 0 Å². The highest BCUT2D eigenvalue weighted by atomic mass is 32.2. The Balaban J connectivity index is 2.15. The van der Waals surface area contributed by atoms with Crippen molar-refractivity contribution in [3.05, 3.63) is 30.1 Å². The Bertz CT molecular complexity index is 569. The van der Waals surface area contributed by atoms with Crippen LogP contribution in [-0.4, -0.2) is 29.0 Å². The van der Waals surface area contributed by atoms with Crippen molar-refractivity contribution in [2.24, 2.45) is 0 Å². The van der Waals surface area contributed by atoms with E-state index in [4.69, 9.17) is 9.47 Å². The van der Waals surface area contributed by atoms with Gasteiger partial charge in [-0.25, -0.2) is 0 Å². The van der Waals surface area contributed by atoms with Gasteiger partial charge in [0.15, 0.2) is 5.16 Å². The molecule has 0 saturated carbocycles. The molecule has 2 aromatic rings. The van der Waals surface area contributed by atoms with Crippen molar-refractivity contribution in [3.8, 4) is 11.5 Å². The zero-order chi connectivity index (χ0) is 14.5. The van der Waals surface area contributed by atoms with Gasteiger partial charge in [-0.15, -0.1) is 10.2 Å². The zero-order valence-corrected chi connectivity index (χ0v) is 13.0. The van der Waals surface area contributed by atoms with Gasteiger partial charge in [-0.05, 0) is 32.0 Å². The maximum absolute atomic E-state index is 5.38. The standard InChI is InChI=1S/C14H19N3O2S/c1-10(2)17-9-15-16-14(17)20-8-11-7-12(18-3)5-6-13(11)19-4/h5-7,9-10H,8H2,1-4H3. The molecule has 1 aromatic heterocycles. The van der Waals surface area contributed by atoms with Gasteiger partial charge in [0, 0.05) is 17.4 Å². The molecule has 108 valence electrons. The number of aromatic nitrogens is 3. The third kappa shape index (κ3) is 3.25. The lowest BCUT2D eigenvalue weighted by molar-refractivity contribution is 0.400. The number of methoxy groups -OCH3 is 2. The first-order valence-corrected chi connectivity index (χ1v) is 7.37. The lowest BCUT2D eigenvalue weighted by Gasteiger charge is -2.12. The van der Waals surface area contributed by atoms with Crippen LogP contribution in [-0.2, 0) is 5.75 Å². The van der Waals surface area contributed by atoms with E-state index < -0.39 is 0 Å². The van der Waals surface area contributed by atoms with Crippen LogP contribution in [0.3, 0.4) is 0 Å². The number of benzene rings is 1. The number of hydrogen-bond donors (Lipinski definition) is 0. The van der Waals surface area contributed by atoms with Crippen LogP contribution < -0.4 is 9.47 Å². The van der Waals surface area contributed by atoms with Gasteiger partial charge < -0.3 is 14.0 Å². The van der Waals surface area contributed by atoms with Crippen LogP contribution in [0.4, 0.5) is 0 Å². The zero-order valence-electron chi connectivity index (χ0n) is 12.2. The van der Waals surface area contributed by atoms with Gasteiger partial charge in [-0.1, -0.05) is 11.8 Å². The van der Waals surface area contributed by atoms with Crippen molar-refractivity contribution >= 4 is 11.8 Å². The fraction of sp³-hybridized carbons (Fsp3) is 0.429. The highest BCUT2D eigenvalue weighted by Crippen LogP contribution is 2.30. The quantitative estimate of drug-likeness (QED) is 0.766. The smallest absolute Gasteiger partial charge is 0.191 e. The highest BCUT2D eigenvalue weighted by molar-refractivity contribution is 7.98. The molecule has 20 heavy (non-hydrogen) atoms. The van der Waals surface area contributed by atoms with Crippen molar-refractivity contribution in [2.75, 3.05) is 14.2 Å². The van der Waals surface area contributed by atoms with E-state index in [-0.39, 0.29) is 0 Å². The van der Waals surface area contributed by atoms with Crippen molar-refractivity contribution in [1.82, 2.24) is 14.8 Å². The predicted octanol–water partition coefficient (Wildman–Crippen LogP) is 3.17. The van der Waals surface area contributed by atoms with E-state index >= 15 is 0 Å². The number of rotatable bonds is 6. The van der Waals surface area contributed by atoms with Gasteiger partial charge in [-0.2, -0.15) is 0 Å². The summed E-state index contributed by atoms with van der Waals surface area (Å²) in [7, 11) is 3.33. The maximum atomic E-state index is 5.38. The maximum Gasteiger partial charge on any atom is 0.191 e. The minimum atomic E-state index is 0.347. The lowest BCUT2D eigenvalue weighted by Crippen LogP contribution is -2.01. The van der Waals surface area contributed by atoms with E-state index in [0.717, 1.165) is 28.0 Å². The average molecular weight is 293 g/mol. The molecule has 0 aliphatic rings. The predicted molar refractivity (Wildman–Crippen MR) is 79.5 cm³/mol. The summed E-state index contributed by atoms with van der Waals surface area (Å²) < 4.78 is 12.7. The molecule has 2 rings (SSSR count). The summed E-state index contributed by atoms with van der Waals surface area (Å²) in [6, 6.07) is 6.15. The molecule has 1 aromatic carbocycles. The summed E-state index contributed by atoms with van der Waals surface area (Å²) in [5.74, 6) is 2.44. The Morgan fingerprint density at radius 3 is 2.70 bits per heavy atom. The number of hydrogen-bond acceptors (Lipinski definition) is 5. The fourth-order valence-electron chi connectivity index (χ4n) is 1.83. The second kappa shape index (κ2) is 6.65. The van der Waals surface area contributed by atoms with E-state index in [1.165, 1.54) is 0 Å². The summed E-state index contributed by atoms with van der Waals surface area (Å²) in [5, 5.41) is 9.03. The van der Waals surface area contributed by atoms with Crippen LogP contribution in [0.1, 0.15) is 25.5 Å². The van der Waals surface area contributed by atoms with Gasteiger partial charge in [0.05, 0.1) is 14.2 Å². The molecule has 0 fully saturated rings. The van der Waals surface area contributed by atoms with E-state index in [2.05, 4.69) is 28.6 Å². The van der Waals surface area contributed by atoms with Crippen molar-refractivity contribution in [1.29, 1.82) is 0 Å². The van der Waals surface area contributed by atoms with Crippen LogP contribution in [0.2, 0.25) is 0 Å². The first-order chi connectivity index (χ1) is 9.65. The fourth-order valence-corrected chi connectivity index (χ4v) is 2.85. The molecule has 0 bridgehead atoms. The minimum Gasteiger partial charge on any atom is -0.497 e. The van der Waals surface area contributed by atoms with Crippen LogP contribution in [0.5, 0.6) is 11.5 Å². The summed E-state index contributed by atoms with van der Waals surface area (Å²) in [5.41, 5.74) is 1.08. The normalized spacial score (nSPS) is 10.8. The molecule has 6 heteroatoms. The molecule has 0 unspecified atom stereocenters. The molecule has 0 aliphatic heterocycles. The third-order valence-electron chi connectivity index (χ3n) is 2.94. The van der Waals surface area contributed by atoms with E-state index in [1.54, 1.807) is 32.3 Å². The first kappa shape index (κ1) is 14.7.